The number of halogens is 1. The maximum absolute atomic E-state index is 12.0. The number of likely N-dealkylation sites (N-methyl/N-ethyl adjacent to an activating group) is 1. The van der Waals surface area contributed by atoms with E-state index in [2.05, 4.69) is 21.2 Å². The molecule has 1 aliphatic heterocycles. The molecule has 1 aliphatic rings. The molecular weight excluding hydrogens is 330 g/mol. The molecule has 0 aliphatic carbocycles. The highest BCUT2D eigenvalue weighted by atomic mass is 79.9. The Bertz CT molecular complexity index is 477. The molecule has 2 rings (SSSR count). The number of hydrogen-bond acceptors (Lipinski definition) is 4. The molecule has 1 aromatic heterocycles. The maximum Gasteiger partial charge on any atom is 0.239 e. The number of carbonyl (C=O) groups is 2. The second-order valence-corrected chi connectivity index (χ2v) is 7.09. The van der Waals surface area contributed by atoms with E-state index >= 15 is 0 Å². The van der Waals surface area contributed by atoms with Crippen molar-refractivity contribution in [1.82, 2.24) is 15.1 Å². The topological polar surface area (TPSA) is 52.7 Å². The molecule has 2 amide bonds. The molecule has 7 heteroatoms. The largest absolute Gasteiger partial charge is 0.353 e. The summed E-state index contributed by atoms with van der Waals surface area (Å²) < 4.78 is 1.09. The number of rotatable bonds is 4. The summed E-state index contributed by atoms with van der Waals surface area (Å²) in [7, 11) is 1.91. The van der Waals surface area contributed by atoms with Crippen molar-refractivity contribution >= 4 is 39.1 Å². The molecular formula is C12H16BrN3O2S. The van der Waals surface area contributed by atoms with Gasteiger partial charge in [-0.15, -0.1) is 11.3 Å². The molecule has 1 saturated heterocycles. The summed E-state index contributed by atoms with van der Waals surface area (Å²) in [6.07, 6.45) is 0. The zero-order chi connectivity index (χ0) is 13.8. The van der Waals surface area contributed by atoms with E-state index in [4.69, 9.17) is 0 Å². The van der Waals surface area contributed by atoms with Crippen LogP contribution in [0.1, 0.15) is 4.88 Å². The van der Waals surface area contributed by atoms with Gasteiger partial charge in [-0.1, -0.05) is 0 Å². The van der Waals surface area contributed by atoms with Gasteiger partial charge in [-0.3, -0.25) is 14.5 Å². The van der Waals surface area contributed by atoms with Gasteiger partial charge in [0.2, 0.25) is 11.8 Å². The van der Waals surface area contributed by atoms with Crippen molar-refractivity contribution < 1.29 is 9.59 Å². The lowest BCUT2D eigenvalue weighted by Gasteiger charge is -2.28. The second-order valence-electron chi connectivity index (χ2n) is 4.54. The smallest absolute Gasteiger partial charge is 0.239 e. The molecule has 0 radical (unpaired) electrons. The van der Waals surface area contributed by atoms with Crippen LogP contribution in [0.5, 0.6) is 0 Å². The van der Waals surface area contributed by atoms with E-state index in [9.17, 15) is 9.59 Å². The van der Waals surface area contributed by atoms with Crippen LogP contribution in [0.3, 0.4) is 0 Å². The fourth-order valence-electron chi connectivity index (χ4n) is 1.94. The second kappa shape index (κ2) is 6.49. The number of hydrogen-bond donors (Lipinski definition) is 1. The molecule has 0 unspecified atom stereocenters. The third-order valence-electron chi connectivity index (χ3n) is 2.85. The van der Waals surface area contributed by atoms with E-state index in [0.717, 1.165) is 10.3 Å². The molecule has 0 aromatic carbocycles. The molecule has 19 heavy (non-hydrogen) atoms. The number of carbonyl (C=O) groups excluding carboxylic acids is 2. The van der Waals surface area contributed by atoms with E-state index in [-0.39, 0.29) is 18.4 Å². The van der Waals surface area contributed by atoms with Gasteiger partial charge in [-0.05, 0) is 35.1 Å². The van der Waals surface area contributed by atoms with Crippen LogP contribution in [0, 0.1) is 0 Å². The quantitative estimate of drug-likeness (QED) is 0.882. The summed E-state index contributed by atoms with van der Waals surface area (Å²) >= 11 is 5.09. The van der Waals surface area contributed by atoms with Crippen LogP contribution in [0.4, 0.5) is 0 Å². The van der Waals surface area contributed by atoms with Gasteiger partial charge in [0, 0.05) is 24.5 Å². The predicted molar refractivity (Wildman–Crippen MR) is 77.9 cm³/mol. The number of amides is 2. The molecule has 1 N–H and O–H groups in total. The fourth-order valence-corrected chi connectivity index (χ4v) is 3.50. The number of nitrogens with one attached hydrogen (secondary N) is 1. The van der Waals surface area contributed by atoms with Crippen LogP contribution in [-0.4, -0.2) is 54.8 Å². The lowest BCUT2D eigenvalue weighted by molar-refractivity contribution is -0.138. The van der Waals surface area contributed by atoms with Crippen LogP contribution in [0.25, 0.3) is 0 Å². The van der Waals surface area contributed by atoms with E-state index in [1.807, 2.05) is 24.1 Å². The molecule has 1 aromatic rings. The summed E-state index contributed by atoms with van der Waals surface area (Å²) in [5.41, 5.74) is 0. The zero-order valence-electron chi connectivity index (χ0n) is 10.7. The number of piperazine rings is 1. The minimum absolute atomic E-state index is 0.00738. The van der Waals surface area contributed by atoms with E-state index in [0.29, 0.717) is 19.6 Å². The van der Waals surface area contributed by atoms with Gasteiger partial charge in [0.1, 0.15) is 0 Å². The first-order valence-electron chi connectivity index (χ1n) is 6.02. The Balaban J connectivity index is 1.82. The Labute approximate surface area is 124 Å². The minimum atomic E-state index is -0.0792. The first-order valence-corrected chi connectivity index (χ1v) is 7.63. The molecule has 104 valence electrons. The maximum atomic E-state index is 12.0. The molecule has 0 atom stereocenters. The molecule has 1 fully saturated rings. The van der Waals surface area contributed by atoms with Crippen molar-refractivity contribution in [1.29, 1.82) is 0 Å². The van der Waals surface area contributed by atoms with Crippen molar-refractivity contribution in [2.45, 2.75) is 6.54 Å². The molecule has 5 nitrogen and oxygen atoms in total. The molecule has 2 heterocycles. The fraction of sp³-hybridized carbons (Fsp3) is 0.500. The average molecular weight is 346 g/mol. The Morgan fingerprint density at radius 3 is 3.00 bits per heavy atom. The Morgan fingerprint density at radius 1 is 1.58 bits per heavy atom. The normalized spacial score (nSPS) is 15.7. The zero-order valence-corrected chi connectivity index (χ0v) is 13.1. The molecule has 0 saturated carbocycles. The summed E-state index contributed by atoms with van der Waals surface area (Å²) in [6.45, 7) is 2.40. The highest BCUT2D eigenvalue weighted by Crippen LogP contribution is 2.22. The first kappa shape index (κ1) is 14.5. The van der Waals surface area contributed by atoms with Crippen LogP contribution >= 0.6 is 27.3 Å². The first-order chi connectivity index (χ1) is 9.04. The van der Waals surface area contributed by atoms with Crippen LogP contribution < -0.4 is 5.32 Å². The monoisotopic (exact) mass is 345 g/mol. The Morgan fingerprint density at radius 2 is 2.37 bits per heavy atom. The summed E-state index contributed by atoms with van der Waals surface area (Å²) in [6, 6.07) is 4.05. The summed E-state index contributed by atoms with van der Waals surface area (Å²) in [5, 5.41) is 2.71. The number of thiophene rings is 1. The van der Waals surface area contributed by atoms with Crippen molar-refractivity contribution in [3.8, 4) is 0 Å². The van der Waals surface area contributed by atoms with Crippen LogP contribution in [0.15, 0.2) is 15.9 Å². The summed E-state index contributed by atoms with van der Waals surface area (Å²) in [5.74, 6) is -0.0718. The lowest BCUT2D eigenvalue weighted by Crippen LogP contribution is -2.52. The Hall–Kier alpha value is -0.920. The SMILES string of the molecule is CN(CC(=O)N1CCNC(=O)C1)Cc1ccc(Br)s1. The van der Waals surface area contributed by atoms with Gasteiger partial charge < -0.3 is 10.2 Å². The van der Waals surface area contributed by atoms with E-state index in [1.165, 1.54) is 4.88 Å². The van der Waals surface area contributed by atoms with Gasteiger partial charge in [0.25, 0.3) is 0 Å². The van der Waals surface area contributed by atoms with Gasteiger partial charge in [-0.2, -0.15) is 0 Å². The standard InChI is InChI=1S/C12H16BrN3O2S/c1-15(6-9-2-3-10(13)19-9)8-12(18)16-5-4-14-11(17)7-16/h2-3H,4-8H2,1H3,(H,14,17). The van der Waals surface area contributed by atoms with Crippen molar-refractivity contribution in [3.05, 3.63) is 20.8 Å². The van der Waals surface area contributed by atoms with E-state index < -0.39 is 0 Å². The Kier molecular flexibility index (Phi) is 4.95. The van der Waals surface area contributed by atoms with Gasteiger partial charge in [-0.25, -0.2) is 0 Å². The minimum Gasteiger partial charge on any atom is -0.353 e. The lowest BCUT2D eigenvalue weighted by atomic mass is 10.3. The average Bonchev–Trinajstić information content (AvgIpc) is 2.74. The van der Waals surface area contributed by atoms with Crippen LogP contribution in [0.2, 0.25) is 0 Å². The van der Waals surface area contributed by atoms with Crippen molar-refractivity contribution in [2.75, 3.05) is 33.2 Å². The highest BCUT2D eigenvalue weighted by molar-refractivity contribution is 9.11. The number of nitrogens with zero attached hydrogens (tertiary/aromatic N) is 2. The van der Waals surface area contributed by atoms with Gasteiger partial charge in [0.15, 0.2) is 0 Å². The summed E-state index contributed by atoms with van der Waals surface area (Å²) in [4.78, 5) is 28.1. The van der Waals surface area contributed by atoms with Gasteiger partial charge >= 0.3 is 0 Å². The van der Waals surface area contributed by atoms with Crippen molar-refractivity contribution in [3.63, 3.8) is 0 Å². The van der Waals surface area contributed by atoms with E-state index in [1.54, 1.807) is 16.2 Å². The third kappa shape index (κ3) is 4.29. The third-order valence-corrected chi connectivity index (χ3v) is 4.46. The van der Waals surface area contributed by atoms with Gasteiger partial charge in [0.05, 0.1) is 16.9 Å². The van der Waals surface area contributed by atoms with Crippen molar-refractivity contribution in [2.24, 2.45) is 0 Å². The highest BCUT2D eigenvalue weighted by Gasteiger charge is 2.21. The molecule has 0 bridgehead atoms. The molecule has 0 spiro atoms. The predicted octanol–water partition coefficient (Wildman–Crippen LogP) is 0.901. The van der Waals surface area contributed by atoms with Crippen LogP contribution in [-0.2, 0) is 16.1 Å².